The Labute approximate surface area is 153 Å². The molecule has 2 aromatic rings. The van der Waals surface area contributed by atoms with Crippen LogP contribution in [0.25, 0.3) is 0 Å². The summed E-state index contributed by atoms with van der Waals surface area (Å²) in [6, 6.07) is 19.6. The molecule has 134 valence electrons. The van der Waals surface area contributed by atoms with E-state index in [-0.39, 0.29) is 24.3 Å². The van der Waals surface area contributed by atoms with Crippen LogP contribution in [0.4, 0.5) is 0 Å². The zero-order valence-electron chi connectivity index (χ0n) is 14.7. The Bertz CT molecular complexity index is 742. The first-order valence-electron chi connectivity index (χ1n) is 9.30. The third-order valence-corrected chi connectivity index (χ3v) is 5.64. The Balaban J connectivity index is 1.61. The minimum atomic E-state index is -0.584. The lowest BCUT2D eigenvalue weighted by molar-refractivity contribution is -0.150. The molecule has 1 saturated carbocycles. The summed E-state index contributed by atoms with van der Waals surface area (Å²) in [6.45, 7) is 0. The summed E-state index contributed by atoms with van der Waals surface area (Å²) in [4.78, 5) is 25.1. The Morgan fingerprint density at radius 3 is 2.04 bits per heavy atom. The highest BCUT2D eigenvalue weighted by molar-refractivity contribution is 5.88. The highest BCUT2D eigenvalue weighted by atomic mass is 16.6. The maximum atomic E-state index is 13.2. The molecule has 0 bridgehead atoms. The highest BCUT2D eigenvalue weighted by Gasteiger charge is 2.54. The molecule has 4 rings (SSSR count). The molecule has 1 spiro atoms. The summed E-state index contributed by atoms with van der Waals surface area (Å²) in [5, 5.41) is 3.19. The average molecular weight is 349 g/mol. The zero-order valence-corrected chi connectivity index (χ0v) is 14.7. The van der Waals surface area contributed by atoms with Crippen LogP contribution >= 0.6 is 0 Å². The number of benzene rings is 2. The quantitative estimate of drug-likeness (QED) is 0.855. The van der Waals surface area contributed by atoms with Crippen LogP contribution in [0, 0.1) is 5.92 Å². The number of hydrogen-bond donors (Lipinski definition) is 1. The van der Waals surface area contributed by atoms with E-state index in [0.717, 1.165) is 36.8 Å². The summed E-state index contributed by atoms with van der Waals surface area (Å²) >= 11 is 0. The molecule has 0 radical (unpaired) electrons. The molecule has 1 aliphatic heterocycles. The molecule has 0 aromatic heterocycles. The van der Waals surface area contributed by atoms with Crippen LogP contribution in [-0.4, -0.2) is 17.5 Å². The van der Waals surface area contributed by atoms with E-state index in [4.69, 9.17) is 4.74 Å². The molecular formula is C22H23NO3. The number of rotatable bonds is 4. The van der Waals surface area contributed by atoms with Crippen molar-refractivity contribution in [1.29, 1.82) is 0 Å². The largest absolute Gasteiger partial charge is 0.458 e. The molecule has 4 heteroatoms. The van der Waals surface area contributed by atoms with Crippen LogP contribution in [-0.2, 0) is 14.3 Å². The smallest absolute Gasteiger partial charge is 0.307 e. The molecule has 1 heterocycles. The van der Waals surface area contributed by atoms with Gasteiger partial charge in [0, 0.05) is 0 Å². The second kappa shape index (κ2) is 6.94. The molecule has 2 aromatic carbocycles. The lowest BCUT2D eigenvalue weighted by Gasteiger charge is -2.30. The third kappa shape index (κ3) is 3.12. The van der Waals surface area contributed by atoms with Crippen molar-refractivity contribution in [3.05, 3.63) is 71.8 Å². The van der Waals surface area contributed by atoms with Crippen molar-refractivity contribution in [2.75, 3.05) is 0 Å². The molecule has 1 saturated heterocycles. The van der Waals surface area contributed by atoms with E-state index in [1.54, 1.807) is 0 Å². The lowest BCUT2D eigenvalue weighted by Crippen LogP contribution is -2.44. The number of hydrogen-bond acceptors (Lipinski definition) is 3. The van der Waals surface area contributed by atoms with Crippen molar-refractivity contribution >= 4 is 11.9 Å². The van der Waals surface area contributed by atoms with Crippen LogP contribution in [0.5, 0.6) is 0 Å². The monoisotopic (exact) mass is 349 g/mol. The van der Waals surface area contributed by atoms with Gasteiger partial charge in [-0.3, -0.25) is 9.59 Å². The second-order valence-corrected chi connectivity index (χ2v) is 7.27. The minimum absolute atomic E-state index is 0.0875. The molecule has 2 fully saturated rings. The van der Waals surface area contributed by atoms with E-state index in [2.05, 4.69) is 5.32 Å². The fourth-order valence-electron chi connectivity index (χ4n) is 4.34. The normalized spacial score (nSPS) is 21.1. The summed E-state index contributed by atoms with van der Waals surface area (Å²) in [7, 11) is 0. The maximum Gasteiger partial charge on any atom is 0.307 e. The predicted molar refractivity (Wildman–Crippen MR) is 98.3 cm³/mol. The Morgan fingerprint density at radius 2 is 1.50 bits per heavy atom. The van der Waals surface area contributed by atoms with Crippen molar-refractivity contribution in [3.8, 4) is 0 Å². The summed E-state index contributed by atoms with van der Waals surface area (Å²) < 4.78 is 5.64. The van der Waals surface area contributed by atoms with Gasteiger partial charge in [-0.25, -0.2) is 0 Å². The van der Waals surface area contributed by atoms with Gasteiger partial charge in [0.05, 0.1) is 18.4 Å². The van der Waals surface area contributed by atoms with E-state index in [1.807, 2.05) is 60.7 Å². The van der Waals surface area contributed by atoms with Crippen molar-refractivity contribution in [2.24, 2.45) is 5.92 Å². The third-order valence-electron chi connectivity index (χ3n) is 5.64. The van der Waals surface area contributed by atoms with Gasteiger partial charge in [0.2, 0.25) is 5.91 Å². The van der Waals surface area contributed by atoms with E-state index in [9.17, 15) is 9.59 Å². The van der Waals surface area contributed by atoms with Gasteiger partial charge in [0.1, 0.15) is 5.60 Å². The number of carbonyl (C=O) groups excluding carboxylic acids is 2. The van der Waals surface area contributed by atoms with Gasteiger partial charge in [0.15, 0.2) is 0 Å². The van der Waals surface area contributed by atoms with Crippen molar-refractivity contribution in [2.45, 2.75) is 43.7 Å². The second-order valence-electron chi connectivity index (χ2n) is 7.27. The van der Waals surface area contributed by atoms with Crippen molar-refractivity contribution < 1.29 is 14.3 Å². The average Bonchev–Trinajstić information content (AvgIpc) is 3.27. The molecule has 1 amide bonds. The van der Waals surface area contributed by atoms with Crippen molar-refractivity contribution in [1.82, 2.24) is 5.32 Å². The van der Waals surface area contributed by atoms with Gasteiger partial charge in [-0.05, 0) is 36.8 Å². The molecular weight excluding hydrogens is 326 g/mol. The molecule has 4 nitrogen and oxygen atoms in total. The van der Waals surface area contributed by atoms with E-state index >= 15 is 0 Å². The first-order chi connectivity index (χ1) is 12.7. The van der Waals surface area contributed by atoms with Crippen LogP contribution in [0.3, 0.4) is 0 Å². The predicted octanol–water partition coefficient (Wildman–Crippen LogP) is 3.77. The first-order valence-corrected chi connectivity index (χ1v) is 9.30. The standard InChI is InChI=1S/C22H23NO3/c24-19-15-18(22(26-19)13-7-8-14-22)21(25)23-20(16-9-3-1-4-10-16)17-11-5-2-6-12-17/h1-6,9-12,18,20H,7-8,13-15H2,(H,23,25). The number of carbonyl (C=O) groups is 2. The number of ether oxygens (including phenoxy) is 1. The molecule has 1 atom stereocenters. The lowest BCUT2D eigenvalue weighted by atomic mass is 9.84. The van der Waals surface area contributed by atoms with Gasteiger partial charge in [0.25, 0.3) is 0 Å². The highest BCUT2D eigenvalue weighted by Crippen LogP contribution is 2.45. The molecule has 1 unspecified atom stereocenters. The molecule has 26 heavy (non-hydrogen) atoms. The number of nitrogens with one attached hydrogen (secondary N) is 1. The van der Waals surface area contributed by atoms with Gasteiger partial charge in [-0.15, -0.1) is 0 Å². The van der Waals surface area contributed by atoms with Gasteiger partial charge >= 0.3 is 5.97 Å². The summed E-state index contributed by atoms with van der Waals surface area (Å²) in [5.74, 6) is -0.731. The fourth-order valence-corrected chi connectivity index (χ4v) is 4.34. The van der Waals surface area contributed by atoms with Crippen LogP contribution in [0.15, 0.2) is 60.7 Å². The minimum Gasteiger partial charge on any atom is -0.458 e. The van der Waals surface area contributed by atoms with Gasteiger partial charge in [-0.1, -0.05) is 60.7 Å². The van der Waals surface area contributed by atoms with E-state index < -0.39 is 11.5 Å². The number of esters is 1. The first kappa shape index (κ1) is 16.8. The topological polar surface area (TPSA) is 55.4 Å². The van der Waals surface area contributed by atoms with E-state index in [0.29, 0.717) is 0 Å². The Morgan fingerprint density at radius 1 is 0.962 bits per heavy atom. The summed E-state index contributed by atoms with van der Waals surface area (Å²) in [5.41, 5.74) is 1.47. The van der Waals surface area contributed by atoms with Crippen molar-refractivity contribution in [3.63, 3.8) is 0 Å². The van der Waals surface area contributed by atoms with E-state index in [1.165, 1.54) is 0 Å². The Kier molecular flexibility index (Phi) is 4.49. The zero-order chi connectivity index (χ0) is 18.0. The molecule has 1 N–H and O–H groups in total. The number of amides is 1. The molecule has 1 aliphatic carbocycles. The van der Waals surface area contributed by atoms with Crippen LogP contribution in [0.2, 0.25) is 0 Å². The van der Waals surface area contributed by atoms with Gasteiger partial charge in [-0.2, -0.15) is 0 Å². The van der Waals surface area contributed by atoms with Crippen LogP contribution in [0.1, 0.15) is 49.3 Å². The van der Waals surface area contributed by atoms with Gasteiger partial charge < -0.3 is 10.1 Å². The molecule has 2 aliphatic rings. The maximum absolute atomic E-state index is 13.2. The van der Waals surface area contributed by atoms with Crippen LogP contribution < -0.4 is 5.32 Å². The SMILES string of the molecule is O=C1CC(C(=O)NC(c2ccccc2)c2ccccc2)C2(CCCC2)O1. The Hall–Kier alpha value is -2.62. The fraction of sp³-hybridized carbons (Fsp3) is 0.364. The summed E-state index contributed by atoms with van der Waals surface area (Å²) in [6.07, 6.45) is 3.79.